The molecule has 0 aromatic carbocycles. The summed E-state index contributed by atoms with van der Waals surface area (Å²) in [5, 5.41) is 0. The van der Waals surface area contributed by atoms with Gasteiger partial charge in [-0.25, -0.2) is 0 Å². The Hall–Kier alpha value is -0.850. The summed E-state index contributed by atoms with van der Waals surface area (Å²) in [4.78, 5) is 11.3. The molecule has 0 radical (unpaired) electrons. The molecule has 0 fully saturated rings. The summed E-state index contributed by atoms with van der Waals surface area (Å²) >= 11 is 0. The molecule has 2 rings (SSSR count). The molecule has 0 saturated heterocycles. The van der Waals surface area contributed by atoms with E-state index in [2.05, 4.69) is 19.9 Å². The zero-order chi connectivity index (χ0) is 10.3. The Morgan fingerprint density at radius 2 is 2.21 bits per heavy atom. The van der Waals surface area contributed by atoms with Gasteiger partial charge in [-0.15, -0.1) is 0 Å². The van der Waals surface area contributed by atoms with Crippen molar-refractivity contribution >= 4 is 5.78 Å². The first-order chi connectivity index (χ1) is 6.53. The van der Waals surface area contributed by atoms with E-state index >= 15 is 0 Å². The number of carbonyl (C=O) groups is 1. The Morgan fingerprint density at radius 1 is 1.50 bits per heavy atom. The second-order valence-electron chi connectivity index (χ2n) is 5.01. The van der Waals surface area contributed by atoms with Gasteiger partial charge in [-0.3, -0.25) is 4.79 Å². The van der Waals surface area contributed by atoms with Crippen molar-refractivity contribution < 1.29 is 4.79 Å². The van der Waals surface area contributed by atoms with Gasteiger partial charge in [0.05, 0.1) is 0 Å². The number of ketones is 1. The van der Waals surface area contributed by atoms with Gasteiger partial charge in [0.2, 0.25) is 0 Å². The SMILES string of the molecule is CC(=O)C1=CC2=C(C)CCC[C@@]2(C)C1. The van der Waals surface area contributed by atoms with Crippen molar-refractivity contribution in [2.24, 2.45) is 5.41 Å². The Balaban J connectivity index is 2.42. The Morgan fingerprint density at radius 3 is 2.79 bits per heavy atom. The molecule has 0 bridgehead atoms. The fraction of sp³-hybridized carbons (Fsp3) is 0.615. The average Bonchev–Trinajstić information content (AvgIpc) is 2.44. The fourth-order valence-electron chi connectivity index (χ4n) is 2.88. The van der Waals surface area contributed by atoms with Gasteiger partial charge in [0.15, 0.2) is 5.78 Å². The molecule has 76 valence electrons. The minimum atomic E-state index is 0.251. The number of hydrogen-bond acceptors (Lipinski definition) is 1. The number of carbonyl (C=O) groups excluding carboxylic acids is 1. The van der Waals surface area contributed by atoms with Crippen LogP contribution in [-0.2, 0) is 4.79 Å². The van der Waals surface area contributed by atoms with Crippen LogP contribution in [-0.4, -0.2) is 5.78 Å². The first kappa shape index (κ1) is 9.70. The van der Waals surface area contributed by atoms with Crippen molar-refractivity contribution in [1.29, 1.82) is 0 Å². The van der Waals surface area contributed by atoms with Crippen molar-refractivity contribution in [3.63, 3.8) is 0 Å². The predicted molar refractivity (Wildman–Crippen MR) is 58.0 cm³/mol. The number of fused-ring (bicyclic) bond motifs is 1. The van der Waals surface area contributed by atoms with Gasteiger partial charge in [0, 0.05) is 0 Å². The summed E-state index contributed by atoms with van der Waals surface area (Å²) in [5.41, 5.74) is 4.26. The Bertz CT molecular complexity index is 346. The highest BCUT2D eigenvalue weighted by Crippen LogP contribution is 2.50. The predicted octanol–water partition coefficient (Wildman–Crippen LogP) is 3.41. The lowest BCUT2D eigenvalue weighted by molar-refractivity contribution is -0.113. The van der Waals surface area contributed by atoms with Gasteiger partial charge >= 0.3 is 0 Å². The second kappa shape index (κ2) is 3.08. The molecule has 0 heterocycles. The molecule has 1 nitrogen and oxygen atoms in total. The van der Waals surface area contributed by atoms with Crippen LogP contribution < -0.4 is 0 Å². The minimum Gasteiger partial charge on any atom is -0.295 e. The fourth-order valence-corrected chi connectivity index (χ4v) is 2.88. The van der Waals surface area contributed by atoms with Gasteiger partial charge in [0.1, 0.15) is 0 Å². The van der Waals surface area contributed by atoms with Gasteiger partial charge < -0.3 is 0 Å². The van der Waals surface area contributed by atoms with Gasteiger partial charge in [-0.05, 0) is 56.1 Å². The summed E-state index contributed by atoms with van der Waals surface area (Å²) in [6.07, 6.45) is 6.86. The lowest BCUT2D eigenvalue weighted by Gasteiger charge is -2.32. The first-order valence-corrected chi connectivity index (χ1v) is 5.45. The number of rotatable bonds is 1. The molecular weight excluding hydrogens is 172 g/mol. The van der Waals surface area contributed by atoms with Crippen LogP contribution in [0.1, 0.15) is 46.5 Å². The molecule has 0 aliphatic heterocycles. The first-order valence-electron chi connectivity index (χ1n) is 5.45. The second-order valence-corrected chi connectivity index (χ2v) is 5.01. The lowest BCUT2D eigenvalue weighted by atomic mass is 9.72. The quantitative estimate of drug-likeness (QED) is 0.619. The van der Waals surface area contributed by atoms with Crippen LogP contribution in [0.2, 0.25) is 0 Å². The van der Waals surface area contributed by atoms with Crippen LogP contribution in [0.3, 0.4) is 0 Å². The normalized spacial score (nSPS) is 31.5. The molecule has 1 heteroatoms. The minimum absolute atomic E-state index is 0.251. The monoisotopic (exact) mass is 190 g/mol. The average molecular weight is 190 g/mol. The third-order valence-electron chi connectivity index (χ3n) is 3.74. The standard InChI is InChI=1S/C13H18O/c1-9-5-4-6-13(3)8-11(10(2)14)7-12(9)13/h7H,4-6,8H2,1-3H3/t13-/m0/s1. The molecular formula is C13H18O. The molecule has 0 amide bonds. The highest BCUT2D eigenvalue weighted by atomic mass is 16.1. The maximum atomic E-state index is 11.3. The van der Waals surface area contributed by atoms with Crippen molar-refractivity contribution in [3.8, 4) is 0 Å². The maximum absolute atomic E-state index is 11.3. The summed E-state index contributed by atoms with van der Waals surface area (Å²) in [6, 6.07) is 0. The molecule has 0 unspecified atom stereocenters. The maximum Gasteiger partial charge on any atom is 0.155 e. The molecule has 0 N–H and O–H groups in total. The largest absolute Gasteiger partial charge is 0.295 e. The zero-order valence-corrected chi connectivity index (χ0v) is 9.31. The molecule has 0 aromatic heterocycles. The van der Waals surface area contributed by atoms with Crippen LogP contribution >= 0.6 is 0 Å². The van der Waals surface area contributed by atoms with E-state index in [-0.39, 0.29) is 11.2 Å². The summed E-state index contributed by atoms with van der Waals surface area (Å²) < 4.78 is 0. The van der Waals surface area contributed by atoms with E-state index in [4.69, 9.17) is 0 Å². The van der Waals surface area contributed by atoms with Crippen LogP contribution in [0, 0.1) is 5.41 Å². The number of Topliss-reactive ketones (excluding diaryl/α,β-unsaturated/α-hetero) is 1. The third kappa shape index (κ3) is 1.35. The van der Waals surface area contributed by atoms with E-state index in [0.29, 0.717) is 0 Å². The summed E-state index contributed by atoms with van der Waals surface area (Å²) in [7, 11) is 0. The number of allylic oxidation sites excluding steroid dienone is 4. The highest BCUT2D eigenvalue weighted by Gasteiger charge is 2.38. The van der Waals surface area contributed by atoms with Crippen LogP contribution in [0.15, 0.2) is 22.8 Å². The van der Waals surface area contributed by atoms with Crippen LogP contribution in [0.25, 0.3) is 0 Å². The highest BCUT2D eigenvalue weighted by molar-refractivity contribution is 5.95. The molecule has 2 aliphatic rings. The van der Waals surface area contributed by atoms with Gasteiger partial charge in [-0.1, -0.05) is 18.6 Å². The van der Waals surface area contributed by atoms with Gasteiger partial charge in [0.25, 0.3) is 0 Å². The van der Waals surface area contributed by atoms with Crippen molar-refractivity contribution in [2.75, 3.05) is 0 Å². The topological polar surface area (TPSA) is 17.1 Å². The third-order valence-corrected chi connectivity index (χ3v) is 3.74. The molecule has 0 aromatic rings. The molecule has 0 saturated carbocycles. The molecule has 1 atom stereocenters. The molecule has 0 spiro atoms. The number of hydrogen-bond donors (Lipinski definition) is 0. The van der Waals surface area contributed by atoms with Crippen LogP contribution in [0.4, 0.5) is 0 Å². The van der Waals surface area contributed by atoms with E-state index in [1.54, 1.807) is 6.92 Å². The summed E-state index contributed by atoms with van der Waals surface area (Å²) in [5.74, 6) is 0.251. The smallest absolute Gasteiger partial charge is 0.155 e. The lowest BCUT2D eigenvalue weighted by Crippen LogP contribution is -2.20. The van der Waals surface area contributed by atoms with Crippen LogP contribution in [0.5, 0.6) is 0 Å². The molecule has 14 heavy (non-hydrogen) atoms. The van der Waals surface area contributed by atoms with E-state index in [1.807, 2.05) is 0 Å². The van der Waals surface area contributed by atoms with E-state index < -0.39 is 0 Å². The van der Waals surface area contributed by atoms with E-state index in [0.717, 1.165) is 12.0 Å². The molecule has 2 aliphatic carbocycles. The van der Waals surface area contributed by atoms with E-state index in [9.17, 15) is 4.79 Å². The van der Waals surface area contributed by atoms with Crippen molar-refractivity contribution in [2.45, 2.75) is 46.5 Å². The Kier molecular flexibility index (Phi) is 2.13. The van der Waals surface area contributed by atoms with Gasteiger partial charge in [-0.2, -0.15) is 0 Å². The zero-order valence-electron chi connectivity index (χ0n) is 9.31. The van der Waals surface area contributed by atoms with E-state index in [1.165, 1.54) is 30.4 Å². The summed E-state index contributed by atoms with van der Waals surface area (Å²) in [6.45, 7) is 6.20. The van der Waals surface area contributed by atoms with Crippen molar-refractivity contribution in [1.82, 2.24) is 0 Å². The van der Waals surface area contributed by atoms with Crippen molar-refractivity contribution in [3.05, 3.63) is 22.8 Å². The Labute approximate surface area is 85.9 Å².